The highest BCUT2D eigenvalue weighted by molar-refractivity contribution is 6.36. The number of hydrogen-bond acceptors (Lipinski definition) is 7. The van der Waals surface area contributed by atoms with Gasteiger partial charge >= 0.3 is 11.9 Å². The molecule has 0 saturated heterocycles. The molecule has 0 aromatic carbocycles. The average Bonchev–Trinajstić information content (AvgIpc) is 2.67. The minimum Gasteiger partial charge on any atom is -0.462 e. The molecule has 2 heterocycles. The van der Waals surface area contributed by atoms with Gasteiger partial charge in [0.15, 0.2) is 0 Å². The molecule has 2 rings (SSSR count). The van der Waals surface area contributed by atoms with Crippen LogP contribution in [0.2, 0.25) is 15.3 Å². The van der Waals surface area contributed by atoms with Crippen molar-refractivity contribution in [1.82, 2.24) is 9.97 Å². The second-order valence-corrected chi connectivity index (χ2v) is 6.59. The number of nitrogens with zero attached hydrogens (tertiary/aromatic N) is 2. The number of esters is 2. The molecular formula is C19H22Cl3N3O4. The van der Waals surface area contributed by atoms with E-state index in [-0.39, 0.29) is 21.7 Å². The van der Waals surface area contributed by atoms with Gasteiger partial charge in [0.25, 0.3) is 0 Å². The zero-order valence-electron chi connectivity index (χ0n) is 16.3. The Balaban J connectivity index is 0.000000296. The van der Waals surface area contributed by atoms with Gasteiger partial charge in [0, 0.05) is 18.9 Å². The van der Waals surface area contributed by atoms with Crippen LogP contribution in [0.15, 0.2) is 24.5 Å². The van der Waals surface area contributed by atoms with Gasteiger partial charge < -0.3 is 14.8 Å². The van der Waals surface area contributed by atoms with Gasteiger partial charge in [-0.1, -0.05) is 41.7 Å². The lowest BCUT2D eigenvalue weighted by Gasteiger charge is -2.10. The Hall–Kier alpha value is -2.09. The molecule has 0 bridgehead atoms. The molecule has 0 saturated carbocycles. The normalized spacial score (nSPS) is 9.86. The summed E-state index contributed by atoms with van der Waals surface area (Å²) in [6.45, 7) is 6.94. The summed E-state index contributed by atoms with van der Waals surface area (Å²) in [4.78, 5) is 30.4. The van der Waals surface area contributed by atoms with E-state index in [2.05, 4.69) is 15.3 Å². The second-order valence-electron chi connectivity index (χ2n) is 5.41. The van der Waals surface area contributed by atoms with Gasteiger partial charge in [-0.2, -0.15) is 0 Å². The first-order valence-electron chi connectivity index (χ1n) is 8.88. The van der Waals surface area contributed by atoms with E-state index >= 15 is 0 Å². The first-order chi connectivity index (χ1) is 13.8. The van der Waals surface area contributed by atoms with Crippen LogP contribution in [0.1, 0.15) is 47.9 Å². The SMILES string of the molecule is CCCNc1cc(Cl)ncc1C(=O)OCC.CCOC(=O)c1cnc(Cl)cc1Cl. The molecule has 10 heteroatoms. The Morgan fingerprint density at radius 2 is 1.41 bits per heavy atom. The smallest absolute Gasteiger partial charge is 0.341 e. The zero-order valence-corrected chi connectivity index (χ0v) is 18.6. The molecule has 0 amide bonds. The van der Waals surface area contributed by atoms with Crippen molar-refractivity contribution in [2.75, 3.05) is 25.1 Å². The summed E-state index contributed by atoms with van der Waals surface area (Å²) in [6, 6.07) is 3.03. The van der Waals surface area contributed by atoms with E-state index in [1.807, 2.05) is 6.92 Å². The van der Waals surface area contributed by atoms with Crippen LogP contribution in [0.5, 0.6) is 0 Å². The highest BCUT2D eigenvalue weighted by atomic mass is 35.5. The lowest BCUT2D eigenvalue weighted by molar-refractivity contribution is 0.0517. The highest BCUT2D eigenvalue weighted by Crippen LogP contribution is 2.20. The van der Waals surface area contributed by atoms with Crippen molar-refractivity contribution in [2.45, 2.75) is 27.2 Å². The van der Waals surface area contributed by atoms with Crippen LogP contribution in [-0.2, 0) is 9.47 Å². The molecule has 0 radical (unpaired) electrons. The van der Waals surface area contributed by atoms with Gasteiger partial charge in [0.05, 0.1) is 29.5 Å². The predicted molar refractivity (Wildman–Crippen MR) is 114 cm³/mol. The number of halogens is 3. The summed E-state index contributed by atoms with van der Waals surface area (Å²) in [6.07, 6.45) is 3.68. The molecule has 0 unspecified atom stereocenters. The summed E-state index contributed by atoms with van der Waals surface area (Å²) in [7, 11) is 0. The maximum absolute atomic E-state index is 11.6. The summed E-state index contributed by atoms with van der Waals surface area (Å²) in [5, 5.41) is 3.97. The molecule has 0 spiro atoms. The van der Waals surface area contributed by atoms with Crippen molar-refractivity contribution in [3.05, 3.63) is 51.0 Å². The van der Waals surface area contributed by atoms with E-state index in [1.165, 1.54) is 18.5 Å². The molecule has 2 aromatic heterocycles. The average molecular weight is 463 g/mol. The van der Waals surface area contributed by atoms with Crippen molar-refractivity contribution < 1.29 is 19.1 Å². The van der Waals surface area contributed by atoms with E-state index in [0.29, 0.717) is 29.6 Å². The van der Waals surface area contributed by atoms with E-state index < -0.39 is 5.97 Å². The van der Waals surface area contributed by atoms with E-state index in [9.17, 15) is 9.59 Å². The Morgan fingerprint density at radius 3 is 1.93 bits per heavy atom. The molecular weight excluding hydrogens is 441 g/mol. The van der Waals surface area contributed by atoms with Crippen LogP contribution in [-0.4, -0.2) is 41.7 Å². The van der Waals surface area contributed by atoms with Gasteiger partial charge in [-0.05, 0) is 32.4 Å². The molecule has 0 aliphatic carbocycles. The molecule has 7 nitrogen and oxygen atoms in total. The largest absolute Gasteiger partial charge is 0.462 e. The Morgan fingerprint density at radius 1 is 0.897 bits per heavy atom. The van der Waals surface area contributed by atoms with Crippen LogP contribution >= 0.6 is 34.8 Å². The van der Waals surface area contributed by atoms with Gasteiger partial charge in [-0.15, -0.1) is 0 Å². The number of carbonyl (C=O) groups is 2. The number of carbonyl (C=O) groups excluding carboxylic acids is 2. The number of nitrogens with one attached hydrogen (secondary N) is 1. The number of rotatable bonds is 7. The molecule has 0 aliphatic heterocycles. The predicted octanol–water partition coefficient (Wildman–Crippen LogP) is 5.30. The molecule has 158 valence electrons. The number of pyridine rings is 2. The first kappa shape index (κ1) is 24.9. The topological polar surface area (TPSA) is 90.4 Å². The molecule has 29 heavy (non-hydrogen) atoms. The summed E-state index contributed by atoms with van der Waals surface area (Å²) < 4.78 is 9.67. The maximum Gasteiger partial charge on any atom is 0.341 e. The summed E-state index contributed by atoms with van der Waals surface area (Å²) >= 11 is 17.1. The van der Waals surface area contributed by atoms with Crippen molar-refractivity contribution in [3.8, 4) is 0 Å². The Labute approximate surface area is 184 Å². The van der Waals surface area contributed by atoms with Crippen LogP contribution < -0.4 is 5.32 Å². The Kier molecular flexibility index (Phi) is 11.3. The third-order valence-corrected chi connectivity index (χ3v) is 3.97. The Bertz CT molecular complexity index is 834. The second kappa shape index (κ2) is 13.2. The lowest BCUT2D eigenvalue weighted by Crippen LogP contribution is -2.11. The van der Waals surface area contributed by atoms with E-state index in [0.717, 1.165) is 13.0 Å². The zero-order chi connectivity index (χ0) is 21.8. The molecule has 2 aromatic rings. The minimum atomic E-state index is -0.489. The fraction of sp³-hybridized carbons (Fsp3) is 0.368. The van der Waals surface area contributed by atoms with Crippen LogP contribution in [0.3, 0.4) is 0 Å². The molecule has 0 atom stereocenters. The summed E-state index contributed by atoms with van der Waals surface area (Å²) in [5.41, 5.74) is 1.31. The number of hydrogen-bond donors (Lipinski definition) is 1. The van der Waals surface area contributed by atoms with Crippen LogP contribution in [0.25, 0.3) is 0 Å². The fourth-order valence-corrected chi connectivity index (χ4v) is 2.57. The van der Waals surface area contributed by atoms with Crippen LogP contribution in [0, 0.1) is 0 Å². The highest BCUT2D eigenvalue weighted by Gasteiger charge is 2.13. The molecule has 1 N–H and O–H groups in total. The third kappa shape index (κ3) is 8.43. The number of anilines is 1. The van der Waals surface area contributed by atoms with Gasteiger partial charge in [-0.25, -0.2) is 19.6 Å². The molecule has 0 fully saturated rings. The van der Waals surface area contributed by atoms with Crippen molar-refractivity contribution in [3.63, 3.8) is 0 Å². The third-order valence-electron chi connectivity index (χ3n) is 3.25. The van der Waals surface area contributed by atoms with Crippen molar-refractivity contribution in [2.24, 2.45) is 0 Å². The van der Waals surface area contributed by atoms with Gasteiger partial charge in [-0.3, -0.25) is 0 Å². The maximum atomic E-state index is 11.6. The van der Waals surface area contributed by atoms with E-state index in [1.54, 1.807) is 19.9 Å². The summed E-state index contributed by atoms with van der Waals surface area (Å²) in [5.74, 6) is -0.873. The first-order valence-corrected chi connectivity index (χ1v) is 10.0. The van der Waals surface area contributed by atoms with Gasteiger partial charge in [0.2, 0.25) is 0 Å². The van der Waals surface area contributed by atoms with Crippen LogP contribution in [0.4, 0.5) is 5.69 Å². The fourth-order valence-electron chi connectivity index (χ4n) is 1.97. The van der Waals surface area contributed by atoms with Crippen molar-refractivity contribution in [1.29, 1.82) is 0 Å². The minimum absolute atomic E-state index is 0.230. The van der Waals surface area contributed by atoms with Crippen molar-refractivity contribution >= 4 is 52.4 Å². The molecule has 0 aliphatic rings. The lowest BCUT2D eigenvalue weighted by atomic mass is 10.2. The number of aromatic nitrogens is 2. The number of ether oxygens (including phenoxy) is 2. The van der Waals surface area contributed by atoms with E-state index in [4.69, 9.17) is 44.3 Å². The quantitative estimate of drug-likeness (QED) is 0.441. The monoisotopic (exact) mass is 461 g/mol. The standard InChI is InChI=1S/C11H15ClN2O2.C8H7Cl2NO2/c1-3-5-13-9-6-10(12)14-7-8(9)11(15)16-4-2;1-2-13-8(12)5-4-11-7(10)3-6(5)9/h6-7H,3-5H2,1-2H3,(H,13,14);3-4H,2H2,1H3. The van der Waals surface area contributed by atoms with Gasteiger partial charge in [0.1, 0.15) is 15.9 Å².